The third kappa shape index (κ3) is 3.74. The maximum absolute atomic E-state index is 6.82. The molecule has 1 aromatic heterocycles. The van der Waals surface area contributed by atoms with Crippen molar-refractivity contribution >= 4 is 5.69 Å². The van der Waals surface area contributed by atoms with Crippen LogP contribution in [0.1, 0.15) is 65.7 Å². The Morgan fingerprint density at radius 3 is 1.97 bits per heavy atom. The smallest absolute Gasteiger partial charge is 0.139 e. The Morgan fingerprint density at radius 2 is 1.34 bits per heavy atom. The monoisotopic (exact) mass is 423 g/mol. The van der Waals surface area contributed by atoms with Crippen LogP contribution >= 0.6 is 0 Å². The number of furan rings is 1. The molecule has 2 unspecified atom stereocenters. The molecule has 0 radical (unpaired) electrons. The highest BCUT2D eigenvalue weighted by atomic mass is 16.7. The van der Waals surface area contributed by atoms with E-state index < -0.39 is 0 Å². The second kappa shape index (κ2) is 9.05. The van der Waals surface area contributed by atoms with Gasteiger partial charge in [0.2, 0.25) is 0 Å². The number of hydrogen-bond donors (Lipinski definition) is 0. The summed E-state index contributed by atoms with van der Waals surface area (Å²) < 4.78 is 6.45. The molecule has 162 valence electrons. The van der Waals surface area contributed by atoms with Crippen LogP contribution in [-0.2, 0) is 11.3 Å². The fourth-order valence-electron chi connectivity index (χ4n) is 4.71. The number of fused-ring (bicyclic) bond motifs is 1. The van der Waals surface area contributed by atoms with E-state index in [1.54, 1.807) is 0 Å². The molecular weight excluding hydrogens is 394 g/mol. The first-order chi connectivity index (χ1) is 15.8. The molecule has 0 aliphatic carbocycles. The largest absolute Gasteiger partial charge is 0.466 e. The van der Waals surface area contributed by atoms with E-state index >= 15 is 0 Å². The van der Waals surface area contributed by atoms with Gasteiger partial charge in [-0.2, -0.15) is 0 Å². The predicted molar refractivity (Wildman–Crippen MR) is 129 cm³/mol. The lowest BCUT2D eigenvalue weighted by atomic mass is 9.87. The van der Waals surface area contributed by atoms with Crippen molar-refractivity contribution in [1.82, 2.24) is 0 Å². The van der Waals surface area contributed by atoms with Crippen LogP contribution in [0.2, 0.25) is 0 Å². The first kappa shape index (κ1) is 20.6. The molecule has 3 heteroatoms. The number of rotatable bonds is 6. The average molecular weight is 424 g/mol. The summed E-state index contributed by atoms with van der Waals surface area (Å²) in [5, 5.41) is 2.08. The maximum Gasteiger partial charge on any atom is 0.139 e. The number of hydrogen-bond acceptors (Lipinski definition) is 3. The van der Waals surface area contributed by atoms with Crippen molar-refractivity contribution in [2.75, 3.05) is 5.06 Å². The SMILES string of the molecule is CCCCc1oc(C)c2c1C(c1ccccc1)N(c1ccccc1)OC2c1ccccc1. The maximum atomic E-state index is 6.82. The number of para-hydroxylation sites is 1. The molecular formula is C29H29NO2. The minimum Gasteiger partial charge on any atom is -0.466 e. The van der Waals surface area contributed by atoms with E-state index in [1.165, 1.54) is 16.7 Å². The molecule has 0 N–H and O–H groups in total. The number of anilines is 1. The van der Waals surface area contributed by atoms with Crippen LogP contribution < -0.4 is 5.06 Å². The molecule has 3 aromatic carbocycles. The summed E-state index contributed by atoms with van der Waals surface area (Å²) in [6.07, 6.45) is 2.94. The standard InChI is InChI=1S/C29H29NO2/c1-3-4-20-25-27-26(21(2)31-25)29(23-16-10-6-11-17-23)32-30(24-18-12-7-13-19-24)28(27)22-14-8-5-9-15-22/h5-19,28-29H,3-4,20H2,1-2H3. The molecule has 1 aliphatic heterocycles. The fourth-order valence-corrected chi connectivity index (χ4v) is 4.71. The van der Waals surface area contributed by atoms with Crippen LogP contribution in [0, 0.1) is 6.92 Å². The second-order valence-corrected chi connectivity index (χ2v) is 8.38. The Morgan fingerprint density at radius 1 is 0.750 bits per heavy atom. The molecule has 4 aromatic rings. The normalized spacial score (nSPS) is 17.9. The van der Waals surface area contributed by atoms with Crippen LogP contribution in [0.25, 0.3) is 0 Å². The Bertz CT molecular complexity index is 1150. The molecule has 32 heavy (non-hydrogen) atoms. The zero-order chi connectivity index (χ0) is 21.9. The summed E-state index contributed by atoms with van der Waals surface area (Å²) in [5.74, 6) is 2.03. The molecule has 0 saturated heterocycles. The molecule has 1 aliphatic rings. The van der Waals surface area contributed by atoms with Crippen LogP contribution in [0.4, 0.5) is 5.69 Å². The number of aryl methyl sites for hydroxylation is 2. The van der Waals surface area contributed by atoms with Crippen LogP contribution in [0.5, 0.6) is 0 Å². The Kier molecular flexibility index (Phi) is 5.83. The minimum absolute atomic E-state index is 0.0714. The topological polar surface area (TPSA) is 25.6 Å². The third-order valence-electron chi connectivity index (χ3n) is 6.22. The molecule has 3 nitrogen and oxygen atoms in total. The predicted octanol–water partition coefficient (Wildman–Crippen LogP) is 7.56. The minimum atomic E-state index is -0.217. The summed E-state index contributed by atoms with van der Waals surface area (Å²) >= 11 is 0. The number of hydroxylamine groups is 1. The van der Waals surface area contributed by atoms with Crippen molar-refractivity contribution < 1.29 is 9.25 Å². The lowest BCUT2D eigenvalue weighted by Crippen LogP contribution is -2.37. The zero-order valence-electron chi connectivity index (χ0n) is 18.7. The van der Waals surface area contributed by atoms with Crippen molar-refractivity contribution in [2.24, 2.45) is 0 Å². The van der Waals surface area contributed by atoms with E-state index in [4.69, 9.17) is 9.25 Å². The molecule has 2 heterocycles. The molecule has 0 bridgehead atoms. The van der Waals surface area contributed by atoms with Gasteiger partial charge in [-0.25, -0.2) is 5.06 Å². The third-order valence-corrected chi connectivity index (χ3v) is 6.22. The van der Waals surface area contributed by atoms with Gasteiger partial charge in [-0.15, -0.1) is 0 Å². The highest BCUT2D eigenvalue weighted by molar-refractivity contribution is 5.56. The van der Waals surface area contributed by atoms with Gasteiger partial charge in [0.15, 0.2) is 0 Å². The van der Waals surface area contributed by atoms with Crippen molar-refractivity contribution in [1.29, 1.82) is 0 Å². The van der Waals surface area contributed by atoms with E-state index in [9.17, 15) is 0 Å². The van der Waals surface area contributed by atoms with Gasteiger partial charge in [-0.1, -0.05) is 92.2 Å². The molecule has 2 atom stereocenters. The van der Waals surface area contributed by atoms with E-state index in [0.717, 1.165) is 42.0 Å². The van der Waals surface area contributed by atoms with Gasteiger partial charge in [0.05, 0.1) is 5.69 Å². The van der Waals surface area contributed by atoms with Crippen LogP contribution in [-0.4, -0.2) is 0 Å². The average Bonchev–Trinajstić information content (AvgIpc) is 3.19. The molecule has 0 saturated carbocycles. The highest BCUT2D eigenvalue weighted by Crippen LogP contribution is 2.49. The van der Waals surface area contributed by atoms with Gasteiger partial charge < -0.3 is 4.42 Å². The Hall–Kier alpha value is -3.30. The number of benzene rings is 3. The summed E-state index contributed by atoms with van der Waals surface area (Å²) in [6.45, 7) is 4.30. The van der Waals surface area contributed by atoms with Gasteiger partial charge in [0.25, 0.3) is 0 Å². The van der Waals surface area contributed by atoms with Crippen molar-refractivity contribution in [2.45, 2.75) is 45.3 Å². The summed E-state index contributed by atoms with van der Waals surface area (Å²) in [5.41, 5.74) is 5.79. The van der Waals surface area contributed by atoms with E-state index in [0.29, 0.717) is 0 Å². The van der Waals surface area contributed by atoms with E-state index in [-0.39, 0.29) is 12.1 Å². The molecule has 0 fully saturated rings. The van der Waals surface area contributed by atoms with Gasteiger partial charge in [0.1, 0.15) is 23.7 Å². The molecule has 0 amide bonds. The van der Waals surface area contributed by atoms with Crippen molar-refractivity contribution in [3.05, 3.63) is 125 Å². The van der Waals surface area contributed by atoms with Gasteiger partial charge in [-0.3, -0.25) is 4.84 Å². The fraction of sp³-hybridized carbons (Fsp3) is 0.241. The summed E-state index contributed by atoms with van der Waals surface area (Å²) in [6, 6.07) is 31.4. The molecule has 5 rings (SSSR count). The van der Waals surface area contributed by atoms with Crippen molar-refractivity contribution in [3.63, 3.8) is 0 Å². The lowest BCUT2D eigenvalue weighted by Gasteiger charge is -2.41. The van der Waals surface area contributed by atoms with Gasteiger partial charge in [-0.05, 0) is 36.6 Å². The first-order valence-electron chi connectivity index (χ1n) is 11.5. The zero-order valence-corrected chi connectivity index (χ0v) is 18.7. The quantitative estimate of drug-likeness (QED) is 0.320. The van der Waals surface area contributed by atoms with Gasteiger partial charge in [0, 0.05) is 17.5 Å². The second-order valence-electron chi connectivity index (χ2n) is 8.38. The van der Waals surface area contributed by atoms with Crippen molar-refractivity contribution in [3.8, 4) is 0 Å². The molecule has 0 spiro atoms. The van der Waals surface area contributed by atoms with Crippen LogP contribution in [0.15, 0.2) is 95.4 Å². The van der Waals surface area contributed by atoms with E-state index in [2.05, 4.69) is 97.8 Å². The van der Waals surface area contributed by atoms with Gasteiger partial charge >= 0.3 is 0 Å². The lowest BCUT2D eigenvalue weighted by molar-refractivity contribution is 0.0304. The summed E-state index contributed by atoms with van der Waals surface area (Å²) in [7, 11) is 0. The summed E-state index contributed by atoms with van der Waals surface area (Å²) in [4.78, 5) is 6.82. The number of nitrogens with zero attached hydrogens (tertiary/aromatic N) is 1. The number of unbranched alkanes of at least 4 members (excludes halogenated alkanes) is 1. The Labute approximate surface area is 190 Å². The van der Waals surface area contributed by atoms with E-state index in [1.807, 2.05) is 12.1 Å². The highest BCUT2D eigenvalue weighted by Gasteiger charge is 2.41. The first-order valence-corrected chi connectivity index (χ1v) is 11.5. The Balaban J connectivity index is 1.75. The van der Waals surface area contributed by atoms with Crippen LogP contribution in [0.3, 0.4) is 0 Å².